The third-order valence-electron chi connectivity index (χ3n) is 13.7. The van der Waals surface area contributed by atoms with Crippen LogP contribution in [0.1, 0.15) is 62.1 Å². The molecule has 0 saturated heterocycles. The standard InChI is InChI=1S/C60H52N4S/c1-7-20-41-37-50-56(61-60(62(6)57(50)39(41)5)42-23-19-24-44(36-42)64-51(21-8-2)45(9-3)46-25-14-16-29-52(46)64)40-31-33-43(34-32-40)63-35-18-10-11-22-38(4)54-47-26-12-13-27-48(47)59-55(58(54)63)49-28-15-17-30-53(49)65-59/h7-8,10-34,36,57H,4,9,35,37H2,1-3,5-6H3/b18-10-,20-7-,21-8-,22-11-. The maximum absolute atomic E-state index is 5.69. The molecule has 4 nitrogen and oxygen atoms in total. The molecule has 318 valence electrons. The summed E-state index contributed by atoms with van der Waals surface area (Å²) in [7, 11) is 2.22. The largest absolute Gasteiger partial charge is 0.349 e. The fraction of sp³-hybridized carbons (Fsp3) is 0.150. The van der Waals surface area contributed by atoms with Gasteiger partial charge in [0.1, 0.15) is 5.84 Å². The van der Waals surface area contributed by atoms with Crippen LogP contribution in [-0.4, -0.2) is 34.9 Å². The Morgan fingerprint density at radius 3 is 2.29 bits per heavy atom. The van der Waals surface area contributed by atoms with E-state index in [9.17, 15) is 0 Å². The van der Waals surface area contributed by atoms with E-state index in [0.717, 1.165) is 52.4 Å². The molecule has 1 aliphatic carbocycles. The average molecular weight is 861 g/mol. The number of aliphatic imine (C=N–C) groups is 1. The molecular formula is C60H52N4S. The summed E-state index contributed by atoms with van der Waals surface area (Å²) in [6.07, 6.45) is 19.4. The minimum absolute atomic E-state index is 0.104. The van der Waals surface area contributed by atoms with Crippen LogP contribution >= 0.6 is 11.3 Å². The number of thiophene rings is 1. The Hall–Kier alpha value is -7.21. The van der Waals surface area contributed by atoms with Crippen molar-refractivity contribution < 1.29 is 0 Å². The second kappa shape index (κ2) is 16.4. The molecule has 1 unspecified atom stereocenters. The molecule has 2 aliphatic heterocycles. The highest BCUT2D eigenvalue weighted by atomic mass is 32.1. The van der Waals surface area contributed by atoms with E-state index in [1.54, 1.807) is 0 Å². The summed E-state index contributed by atoms with van der Waals surface area (Å²) in [6, 6.07) is 44.8. The molecule has 2 aromatic heterocycles. The van der Waals surface area contributed by atoms with Gasteiger partial charge in [0.2, 0.25) is 0 Å². The van der Waals surface area contributed by atoms with E-state index in [4.69, 9.17) is 4.99 Å². The summed E-state index contributed by atoms with van der Waals surface area (Å²) in [5, 5.41) is 6.36. The Kier molecular flexibility index (Phi) is 10.2. The van der Waals surface area contributed by atoms with Crippen molar-refractivity contribution >= 4 is 87.7 Å². The second-order valence-corrected chi connectivity index (χ2v) is 18.4. The lowest BCUT2D eigenvalue weighted by atomic mass is 9.92. The maximum atomic E-state index is 5.69. The molecule has 0 spiro atoms. The normalized spacial score (nSPS) is 17.8. The van der Waals surface area contributed by atoms with Crippen LogP contribution in [0.5, 0.6) is 0 Å². The van der Waals surface area contributed by atoms with Crippen molar-refractivity contribution in [2.45, 2.75) is 46.6 Å². The Bertz CT molecular complexity index is 3480. The molecule has 0 fully saturated rings. The van der Waals surface area contributed by atoms with Gasteiger partial charge in [-0.3, -0.25) is 0 Å². The number of para-hydroxylation sites is 1. The van der Waals surface area contributed by atoms with Gasteiger partial charge in [0.05, 0.1) is 22.9 Å². The number of aryl methyl sites for hydroxylation is 1. The fourth-order valence-electron chi connectivity index (χ4n) is 10.8. The summed E-state index contributed by atoms with van der Waals surface area (Å²) in [5.74, 6) is 0.976. The Labute approximate surface area is 386 Å². The molecule has 0 saturated carbocycles. The van der Waals surface area contributed by atoms with Gasteiger partial charge >= 0.3 is 0 Å². The molecule has 4 heterocycles. The number of benzene rings is 6. The topological polar surface area (TPSA) is 23.8 Å². The Morgan fingerprint density at radius 2 is 1.51 bits per heavy atom. The zero-order chi connectivity index (χ0) is 44.3. The molecule has 11 rings (SSSR count). The highest BCUT2D eigenvalue weighted by Gasteiger charge is 2.37. The number of aromatic nitrogens is 1. The van der Waals surface area contributed by atoms with E-state index in [1.165, 1.54) is 81.1 Å². The zero-order valence-electron chi connectivity index (χ0n) is 37.8. The van der Waals surface area contributed by atoms with Crippen LogP contribution in [0.25, 0.3) is 64.9 Å². The first-order valence-electron chi connectivity index (χ1n) is 22.9. The van der Waals surface area contributed by atoms with Gasteiger partial charge in [0.25, 0.3) is 0 Å². The molecule has 3 aliphatic rings. The van der Waals surface area contributed by atoms with Crippen molar-refractivity contribution in [2.24, 2.45) is 4.99 Å². The van der Waals surface area contributed by atoms with Crippen LogP contribution in [0.15, 0.2) is 192 Å². The third kappa shape index (κ3) is 6.51. The molecule has 5 heteroatoms. The van der Waals surface area contributed by atoms with Crippen molar-refractivity contribution in [1.82, 2.24) is 9.47 Å². The number of likely N-dealkylation sites (N-methyl/N-ethyl adjacent to an activating group) is 1. The summed E-state index contributed by atoms with van der Waals surface area (Å²) in [4.78, 5) is 10.6. The lowest BCUT2D eigenvalue weighted by Crippen LogP contribution is -2.41. The van der Waals surface area contributed by atoms with E-state index in [2.05, 4.69) is 226 Å². The predicted octanol–water partition coefficient (Wildman–Crippen LogP) is 15.8. The van der Waals surface area contributed by atoms with Crippen molar-refractivity contribution in [3.63, 3.8) is 0 Å². The molecule has 0 amide bonds. The SMILES string of the molecule is C=C1/C=C\C=C/CN(c2ccc(C3=C4CC(/C=C\C)=C(C)C4N(C)C(c4cccc(-n5c(/C=C\C)c(CC)c6ccccc65)c4)=N3)cc2)c2c1c1ccccc1c1sc3ccccc3c21. The number of nitrogens with zero attached hydrogens (tertiary/aromatic N) is 4. The van der Waals surface area contributed by atoms with Gasteiger partial charge in [-0.2, -0.15) is 0 Å². The predicted molar refractivity (Wildman–Crippen MR) is 282 cm³/mol. The summed E-state index contributed by atoms with van der Waals surface area (Å²) < 4.78 is 5.03. The van der Waals surface area contributed by atoms with Crippen molar-refractivity contribution in [3.05, 3.63) is 215 Å². The number of fused-ring (bicyclic) bond motifs is 10. The van der Waals surface area contributed by atoms with Gasteiger partial charge in [0.15, 0.2) is 0 Å². The smallest absolute Gasteiger partial charge is 0.137 e. The molecule has 0 N–H and O–H groups in total. The lowest BCUT2D eigenvalue weighted by Gasteiger charge is -2.35. The number of rotatable bonds is 7. The van der Waals surface area contributed by atoms with Crippen LogP contribution < -0.4 is 4.90 Å². The quantitative estimate of drug-likeness (QED) is 0.159. The van der Waals surface area contributed by atoms with Crippen LogP contribution in [0.4, 0.5) is 11.4 Å². The molecule has 65 heavy (non-hydrogen) atoms. The van der Waals surface area contributed by atoms with Gasteiger partial charge < -0.3 is 14.4 Å². The fourth-order valence-corrected chi connectivity index (χ4v) is 12.1. The molecular weight excluding hydrogens is 809 g/mol. The zero-order valence-corrected chi connectivity index (χ0v) is 38.6. The Morgan fingerprint density at radius 1 is 0.769 bits per heavy atom. The van der Waals surface area contributed by atoms with Crippen LogP contribution in [-0.2, 0) is 6.42 Å². The van der Waals surface area contributed by atoms with Gasteiger partial charge in [-0.15, -0.1) is 11.3 Å². The van der Waals surface area contributed by atoms with Crippen molar-refractivity contribution in [2.75, 3.05) is 18.5 Å². The number of allylic oxidation sites excluding steroid dienone is 8. The van der Waals surface area contributed by atoms with Gasteiger partial charge in [-0.25, -0.2) is 4.99 Å². The first kappa shape index (κ1) is 40.6. The van der Waals surface area contributed by atoms with E-state index in [0.29, 0.717) is 6.54 Å². The minimum atomic E-state index is 0.104. The van der Waals surface area contributed by atoms with Crippen LogP contribution in [0.3, 0.4) is 0 Å². The highest BCUT2D eigenvalue weighted by molar-refractivity contribution is 7.26. The van der Waals surface area contributed by atoms with Crippen LogP contribution in [0.2, 0.25) is 0 Å². The van der Waals surface area contributed by atoms with E-state index >= 15 is 0 Å². The second-order valence-electron chi connectivity index (χ2n) is 17.4. The number of hydrogen-bond acceptors (Lipinski definition) is 4. The van der Waals surface area contributed by atoms with Gasteiger partial charge in [-0.1, -0.05) is 141 Å². The number of hydrogen-bond donors (Lipinski definition) is 0. The van der Waals surface area contributed by atoms with E-state index in [1.807, 2.05) is 11.3 Å². The first-order chi connectivity index (χ1) is 31.9. The van der Waals surface area contributed by atoms with Crippen molar-refractivity contribution in [1.29, 1.82) is 0 Å². The van der Waals surface area contributed by atoms with Crippen LogP contribution in [0, 0.1) is 0 Å². The average Bonchev–Trinajstić information content (AvgIpc) is 4.00. The summed E-state index contributed by atoms with van der Waals surface area (Å²) >= 11 is 1.89. The monoisotopic (exact) mass is 860 g/mol. The van der Waals surface area contributed by atoms with Gasteiger partial charge in [-0.05, 0) is 109 Å². The Balaban J connectivity index is 1.07. The molecule has 0 bridgehead atoms. The van der Waals surface area contributed by atoms with Crippen molar-refractivity contribution in [3.8, 4) is 5.69 Å². The summed E-state index contributed by atoms with van der Waals surface area (Å²) in [5.41, 5.74) is 16.9. The highest BCUT2D eigenvalue weighted by Crippen LogP contribution is 2.51. The summed E-state index contributed by atoms with van der Waals surface area (Å²) in [6.45, 7) is 14.2. The third-order valence-corrected chi connectivity index (χ3v) is 14.9. The van der Waals surface area contributed by atoms with E-state index < -0.39 is 0 Å². The van der Waals surface area contributed by atoms with Gasteiger partial charge in [0, 0.05) is 78.3 Å². The minimum Gasteiger partial charge on any atom is -0.349 e. The lowest BCUT2D eigenvalue weighted by molar-refractivity contribution is 0.454. The first-order valence-corrected chi connectivity index (χ1v) is 23.7. The number of anilines is 2. The van der Waals surface area contributed by atoms with E-state index in [-0.39, 0.29) is 6.04 Å². The molecule has 6 aromatic carbocycles. The molecule has 1 atom stereocenters. The maximum Gasteiger partial charge on any atom is 0.137 e. The number of amidine groups is 1. The molecule has 0 radical (unpaired) electrons. The molecule has 8 aromatic rings.